The fraction of sp³-hybridized carbons (Fsp3) is 0.556. The minimum atomic E-state index is 0.849. The Kier molecular flexibility index (Phi) is 1.95. The van der Waals surface area contributed by atoms with Crippen molar-refractivity contribution in [2.45, 2.75) is 13.0 Å². The van der Waals surface area contributed by atoms with Crippen molar-refractivity contribution in [2.24, 2.45) is 5.92 Å². The lowest BCUT2D eigenvalue weighted by atomic mass is 10.1. The van der Waals surface area contributed by atoms with Gasteiger partial charge in [0.05, 0.1) is 0 Å². The van der Waals surface area contributed by atoms with Gasteiger partial charge in [-0.05, 0) is 37.6 Å². The zero-order chi connectivity index (χ0) is 7.52. The predicted octanol–water partition coefficient (Wildman–Crippen LogP) is 1.10. The highest BCUT2D eigenvalue weighted by atomic mass is 15.0. The Balaban J connectivity index is 1.90. The standard InChI is InChI=1S/C9H14N2/c1-2-6-11(5-1)8-9-3-4-10-7-9/h1-2,5-6,9-10H,3-4,7-8H2. The van der Waals surface area contributed by atoms with Gasteiger partial charge in [0.2, 0.25) is 0 Å². The quantitative estimate of drug-likeness (QED) is 0.668. The van der Waals surface area contributed by atoms with E-state index in [1.807, 2.05) is 0 Å². The molecule has 0 amide bonds. The molecule has 1 N–H and O–H groups in total. The van der Waals surface area contributed by atoms with Crippen molar-refractivity contribution in [3.63, 3.8) is 0 Å². The number of nitrogens with one attached hydrogen (secondary N) is 1. The third-order valence-electron chi connectivity index (χ3n) is 2.30. The second-order valence-corrected chi connectivity index (χ2v) is 3.24. The molecule has 1 unspecified atom stereocenters. The largest absolute Gasteiger partial charge is 0.354 e. The molecule has 1 fully saturated rings. The lowest BCUT2D eigenvalue weighted by molar-refractivity contribution is 0.483. The Bertz CT molecular complexity index is 197. The maximum atomic E-state index is 3.37. The number of hydrogen-bond acceptors (Lipinski definition) is 1. The highest BCUT2D eigenvalue weighted by molar-refractivity contribution is 4.91. The van der Waals surface area contributed by atoms with Crippen LogP contribution in [0.1, 0.15) is 6.42 Å². The van der Waals surface area contributed by atoms with Crippen molar-refractivity contribution < 1.29 is 0 Å². The van der Waals surface area contributed by atoms with Crippen LogP contribution in [-0.4, -0.2) is 17.7 Å². The number of rotatable bonds is 2. The Hall–Kier alpha value is -0.760. The molecule has 2 nitrogen and oxygen atoms in total. The van der Waals surface area contributed by atoms with Crippen LogP contribution in [0.25, 0.3) is 0 Å². The van der Waals surface area contributed by atoms with Gasteiger partial charge < -0.3 is 9.88 Å². The molecule has 0 radical (unpaired) electrons. The first-order chi connectivity index (χ1) is 5.45. The molecule has 1 aliphatic rings. The van der Waals surface area contributed by atoms with Crippen LogP contribution in [0.5, 0.6) is 0 Å². The summed E-state index contributed by atoms with van der Waals surface area (Å²) in [6.45, 7) is 3.57. The first kappa shape index (κ1) is 6.92. The average Bonchev–Trinajstić information content (AvgIpc) is 2.60. The molecule has 2 heterocycles. The van der Waals surface area contributed by atoms with E-state index in [1.165, 1.54) is 26.1 Å². The second-order valence-electron chi connectivity index (χ2n) is 3.24. The summed E-state index contributed by atoms with van der Waals surface area (Å²) in [4.78, 5) is 0. The fourth-order valence-corrected chi connectivity index (χ4v) is 1.66. The van der Waals surface area contributed by atoms with Crippen LogP contribution in [0.2, 0.25) is 0 Å². The molecular formula is C9H14N2. The van der Waals surface area contributed by atoms with E-state index in [4.69, 9.17) is 0 Å². The van der Waals surface area contributed by atoms with Crippen LogP contribution in [-0.2, 0) is 6.54 Å². The van der Waals surface area contributed by atoms with E-state index in [2.05, 4.69) is 34.4 Å². The van der Waals surface area contributed by atoms with Gasteiger partial charge in [0.1, 0.15) is 0 Å². The smallest absolute Gasteiger partial charge is 0.0260 e. The number of hydrogen-bond donors (Lipinski definition) is 1. The van der Waals surface area contributed by atoms with Gasteiger partial charge >= 0.3 is 0 Å². The molecule has 1 saturated heterocycles. The molecule has 2 rings (SSSR count). The Morgan fingerprint density at radius 3 is 2.82 bits per heavy atom. The Morgan fingerprint density at radius 1 is 1.36 bits per heavy atom. The third kappa shape index (κ3) is 1.63. The van der Waals surface area contributed by atoms with Crippen molar-refractivity contribution in [1.29, 1.82) is 0 Å². The van der Waals surface area contributed by atoms with E-state index in [0.717, 1.165) is 5.92 Å². The van der Waals surface area contributed by atoms with Gasteiger partial charge in [0.25, 0.3) is 0 Å². The van der Waals surface area contributed by atoms with Crippen molar-refractivity contribution in [3.05, 3.63) is 24.5 Å². The van der Waals surface area contributed by atoms with E-state index in [0.29, 0.717) is 0 Å². The second kappa shape index (κ2) is 3.09. The maximum Gasteiger partial charge on any atom is 0.0260 e. The molecule has 60 valence electrons. The zero-order valence-electron chi connectivity index (χ0n) is 6.66. The van der Waals surface area contributed by atoms with Gasteiger partial charge in [-0.1, -0.05) is 0 Å². The van der Waals surface area contributed by atoms with Crippen LogP contribution in [0.4, 0.5) is 0 Å². The molecule has 11 heavy (non-hydrogen) atoms. The van der Waals surface area contributed by atoms with Crippen LogP contribution < -0.4 is 5.32 Å². The fourth-order valence-electron chi connectivity index (χ4n) is 1.66. The summed E-state index contributed by atoms with van der Waals surface area (Å²) in [5.41, 5.74) is 0. The van der Waals surface area contributed by atoms with Crippen LogP contribution in [0, 0.1) is 5.92 Å². The number of aromatic nitrogens is 1. The van der Waals surface area contributed by atoms with Crippen LogP contribution in [0.15, 0.2) is 24.5 Å². The molecule has 1 atom stereocenters. The van der Waals surface area contributed by atoms with Gasteiger partial charge in [0.15, 0.2) is 0 Å². The summed E-state index contributed by atoms with van der Waals surface area (Å²) >= 11 is 0. The van der Waals surface area contributed by atoms with E-state index < -0.39 is 0 Å². The van der Waals surface area contributed by atoms with Crippen LogP contribution >= 0.6 is 0 Å². The maximum absolute atomic E-state index is 3.37. The third-order valence-corrected chi connectivity index (χ3v) is 2.30. The summed E-state index contributed by atoms with van der Waals surface area (Å²) in [7, 11) is 0. The minimum absolute atomic E-state index is 0.849. The minimum Gasteiger partial charge on any atom is -0.354 e. The molecule has 0 aliphatic carbocycles. The van der Waals surface area contributed by atoms with Crippen LogP contribution in [0.3, 0.4) is 0 Å². The molecule has 1 aliphatic heterocycles. The summed E-state index contributed by atoms with van der Waals surface area (Å²) in [5, 5.41) is 3.37. The van der Waals surface area contributed by atoms with Crippen molar-refractivity contribution in [3.8, 4) is 0 Å². The van der Waals surface area contributed by atoms with Gasteiger partial charge in [-0.15, -0.1) is 0 Å². The molecule has 0 spiro atoms. The molecule has 2 heteroatoms. The lowest BCUT2D eigenvalue weighted by Gasteiger charge is -2.08. The monoisotopic (exact) mass is 150 g/mol. The predicted molar refractivity (Wildman–Crippen MR) is 45.4 cm³/mol. The molecular weight excluding hydrogens is 136 g/mol. The first-order valence-corrected chi connectivity index (χ1v) is 4.26. The van der Waals surface area contributed by atoms with Gasteiger partial charge in [-0.2, -0.15) is 0 Å². The highest BCUT2D eigenvalue weighted by Gasteiger charge is 2.13. The summed E-state index contributed by atoms with van der Waals surface area (Å²) in [5.74, 6) is 0.849. The molecule has 0 saturated carbocycles. The van der Waals surface area contributed by atoms with E-state index in [-0.39, 0.29) is 0 Å². The highest BCUT2D eigenvalue weighted by Crippen LogP contribution is 2.09. The number of nitrogens with zero attached hydrogens (tertiary/aromatic N) is 1. The van der Waals surface area contributed by atoms with E-state index in [1.54, 1.807) is 0 Å². The first-order valence-electron chi connectivity index (χ1n) is 4.26. The van der Waals surface area contributed by atoms with Crippen molar-refractivity contribution in [1.82, 2.24) is 9.88 Å². The SMILES string of the molecule is c1ccn(CC2CCNC2)c1. The molecule has 1 aromatic heterocycles. The van der Waals surface area contributed by atoms with Crippen molar-refractivity contribution >= 4 is 0 Å². The molecule has 0 aromatic carbocycles. The van der Waals surface area contributed by atoms with E-state index >= 15 is 0 Å². The normalized spacial score (nSPS) is 24.2. The van der Waals surface area contributed by atoms with Gasteiger partial charge in [0, 0.05) is 18.9 Å². The van der Waals surface area contributed by atoms with Gasteiger partial charge in [-0.25, -0.2) is 0 Å². The molecule has 1 aromatic rings. The summed E-state index contributed by atoms with van der Waals surface area (Å²) in [6, 6.07) is 4.17. The van der Waals surface area contributed by atoms with Crippen molar-refractivity contribution in [2.75, 3.05) is 13.1 Å². The lowest BCUT2D eigenvalue weighted by Crippen LogP contribution is -2.13. The average molecular weight is 150 g/mol. The topological polar surface area (TPSA) is 17.0 Å². The summed E-state index contributed by atoms with van der Waals surface area (Å²) < 4.78 is 2.26. The van der Waals surface area contributed by atoms with Gasteiger partial charge in [-0.3, -0.25) is 0 Å². The van der Waals surface area contributed by atoms with E-state index in [9.17, 15) is 0 Å². The Morgan fingerprint density at radius 2 is 2.18 bits per heavy atom. The molecule has 0 bridgehead atoms. The Labute approximate surface area is 67.2 Å². The summed E-state index contributed by atoms with van der Waals surface area (Å²) in [6.07, 6.45) is 5.61. The zero-order valence-corrected chi connectivity index (χ0v) is 6.66.